The lowest BCUT2D eigenvalue weighted by Gasteiger charge is -2.42. The van der Waals surface area contributed by atoms with Gasteiger partial charge >= 0.3 is 0 Å². The number of piperidine rings is 1. The van der Waals surface area contributed by atoms with Crippen LogP contribution in [0.1, 0.15) is 60.3 Å². The molecular formula is C16H34N2O. The van der Waals surface area contributed by atoms with Crippen LogP contribution in [0, 0.1) is 5.41 Å². The third-order valence-electron chi connectivity index (χ3n) is 4.88. The summed E-state index contributed by atoms with van der Waals surface area (Å²) < 4.78 is 0. The van der Waals surface area contributed by atoms with Crippen molar-refractivity contribution in [3.63, 3.8) is 0 Å². The fraction of sp³-hybridized carbons (Fsp3) is 1.00. The number of nitrogens with one attached hydrogen (secondary N) is 1. The van der Waals surface area contributed by atoms with Crippen molar-refractivity contribution in [3.05, 3.63) is 0 Å². The molecule has 3 nitrogen and oxygen atoms in total. The van der Waals surface area contributed by atoms with Crippen molar-refractivity contribution in [2.75, 3.05) is 26.2 Å². The minimum Gasteiger partial charge on any atom is -0.390 e. The van der Waals surface area contributed by atoms with Gasteiger partial charge in [-0.1, -0.05) is 27.7 Å². The summed E-state index contributed by atoms with van der Waals surface area (Å²) in [4.78, 5) is 2.55. The van der Waals surface area contributed by atoms with Crippen LogP contribution in [0.5, 0.6) is 0 Å². The SMILES string of the molecule is CCC(CC)(CNC(C)C)CN1CCC(C)(O)CC1. The van der Waals surface area contributed by atoms with Gasteiger partial charge in [0.2, 0.25) is 0 Å². The smallest absolute Gasteiger partial charge is 0.0644 e. The van der Waals surface area contributed by atoms with E-state index in [1.54, 1.807) is 0 Å². The van der Waals surface area contributed by atoms with Crippen LogP contribution >= 0.6 is 0 Å². The number of hydrogen-bond acceptors (Lipinski definition) is 3. The molecule has 0 unspecified atom stereocenters. The fourth-order valence-corrected chi connectivity index (χ4v) is 2.87. The highest BCUT2D eigenvalue weighted by Crippen LogP contribution is 2.30. The molecule has 0 aliphatic carbocycles. The topological polar surface area (TPSA) is 35.5 Å². The summed E-state index contributed by atoms with van der Waals surface area (Å²) in [6.45, 7) is 15.4. The van der Waals surface area contributed by atoms with Crippen LogP contribution in [0.15, 0.2) is 0 Å². The van der Waals surface area contributed by atoms with E-state index in [-0.39, 0.29) is 0 Å². The van der Waals surface area contributed by atoms with Crippen molar-refractivity contribution in [1.29, 1.82) is 0 Å². The Balaban J connectivity index is 2.53. The maximum atomic E-state index is 10.0. The normalized spacial score (nSPS) is 21.0. The second-order valence-electron chi connectivity index (χ2n) is 7.02. The van der Waals surface area contributed by atoms with E-state index in [1.807, 2.05) is 6.92 Å². The van der Waals surface area contributed by atoms with E-state index in [2.05, 4.69) is 37.9 Å². The molecule has 0 aromatic heterocycles. The van der Waals surface area contributed by atoms with Crippen LogP contribution in [0.25, 0.3) is 0 Å². The Labute approximate surface area is 119 Å². The van der Waals surface area contributed by atoms with Crippen LogP contribution in [0.3, 0.4) is 0 Å². The zero-order chi connectivity index (χ0) is 14.5. The summed E-state index contributed by atoms with van der Waals surface area (Å²) in [6, 6.07) is 0.555. The Hall–Kier alpha value is -0.120. The molecule has 0 atom stereocenters. The summed E-state index contributed by atoms with van der Waals surface area (Å²) in [7, 11) is 0. The lowest BCUT2D eigenvalue weighted by Crippen LogP contribution is -2.49. The van der Waals surface area contributed by atoms with Crippen LogP contribution in [0.2, 0.25) is 0 Å². The molecule has 0 saturated carbocycles. The lowest BCUT2D eigenvalue weighted by atomic mass is 9.80. The molecule has 0 aromatic rings. The number of aliphatic hydroxyl groups is 1. The van der Waals surface area contributed by atoms with Gasteiger partial charge in [-0.3, -0.25) is 0 Å². The van der Waals surface area contributed by atoms with Crippen molar-refractivity contribution < 1.29 is 5.11 Å². The van der Waals surface area contributed by atoms with Crippen LogP contribution in [-0.2, 0) is 0 Å². The van der Waals surface area contributed by atoms with Crippen LogP contribution in [-0.4, -0.2) is 47.8 Å². The maximum absolute atomic E-state index is 10.0. The second kappa shape index (κ2) is 7.05. The minimum absolute atomic E-state index is 0.382. The first-order chi connectivity index (χ1) is 8.82. The molecule has 1 fully saturated rings. The van der Waals surface area contributed by atoms with E-state index < -0.39 is 5.60 Å². The van der Waals surface area contributed by atoms with E-state index >= 15 is 0 Å². The highest BCUT2D eigenvalue weighted by atomic mass is 16.3. The average molecular weight is 270 g/mol. The van der Waals surface area contributed by atoms with Crippen molar-refractivity contribution >= 4 is 0 Å². The first-order valence-electron chi connectivity index (χ1n) is 8.00. The Morgan fingerprint density at radius 1 is 1.21 bits per heavy atom. The van der Waals surface area contributed by atoms with Crippen LogP contribution in [0.4, 0.5) is 0 Å². The molecule has 0 radical (unpaired) electrons. The van der Waals surface area contributed by atoms with E-state index in [9.17, 15) is 5.11 Å². The molecule has 1 aliphatic heterocycles. The van der Waals surface area contributed by atoms with Gasteiger partial charge in [-0.2, -0.15) is 0 Å². The molecule has 1 rings (SSSR count). The third kappa shape index (κ3) is 5.41. The maximum Gasteiger partial charge on any atom is 0.0644 e. The molecule has 1 aliphatic rings. The van der Waals surface area contributed by atoms with Gasteiger partial charge in [0.05, 0.1) is 5.60 Å². The van der Waals surface area contributed by atoms with E-state index in [1.165, 1.54) is 12.8 Å². The molecular weight excluding hydrogens is 236 g/mol. The summed E-state index contributed by atoms with van der Waals surface area (Å²) >= 11 is 0. The largest absolute Gasteiger partial charge is 0.390 e. The number of rotatable bonds is 7. The Morgan fingerprint density at radius 2 is 1.74 bits per heavy atom. The van der Waals surface area contributed by atoms with E-state index in [0.717, 1.165) is 39.0 Å². The molecule has 3 heteroatoms. The summed E-state index contributed by atoms with van der Waals surface area (Å²) in [5, 5.41) is 13.7. The fourth-order valence-electron chi connectivity index (χ4n) is 2.87. The minimum atomic E-state index is -0.437. The van der Waals surface area contributed by atoms with Gasteiger partial charge in [0.25, 0.3) is 0 Å². The van der Waals surface area contributed by atoms with Gasteiger partial charge in [-0.05, 0) is 38.0 Å². The highest BCUT2D eigenvalue weighted by molar-refractivity contribution is 4.88. The van der Waals surface area contributed by atoms with E-state index in [0.29, 0.717) is 11.5 Å². The van der Waals surface area contributed by atoms with Gasteiger partial charge in [0.1, 0.15) is 0 Å². The zero-order valence-electron chi connectivity index (χ0n) is 13.6. The molecule has 2 N–H and O–H groups in total. The Bertz CT molecular complexity index is 249. The second-order valence-corrected chi connectivity index (χ2v) is 7.02. The average Bonchev–Trinajstić information content (AvgIpc) is 2.37. The Morgan fingerprint density at radius 3 is 2.16 bits per heavy atom. The predicted octanol–water partition coefficient (Wildman–Crippen LogP) is 2.64. The standard InChI is InChI=1S/C16H34N2O/c1-6-16(7-2,12-17-14(3)4)13-18-10-8-15(5,19)9-11-18/h14,17,19H,6-13H2,1-5H3. The highest BCUT2D eigenvalue weighted by Gasteiger charge is 2.33. The molecule has 1 heterocycles. The number of hydrogen-bond donors (Lipinski definition) is 2. The van der Waals surface area contributed by atoms with Gasteiger partial charge in [-0.15, -0.1) is 0 Å². The number of likely N-dealkylation sites (tertiary alicyclic amines) is 1. The molecule has 0 spiro atoms. The predicted molar refractivity (Wildman–Crippen MR) is 82.5 cm³/mol. The molecule has 0 aromatic carbocycles. The van der Waals surface area contributed by atoms with Gasteiger partial charge in [0.15, 0.2) is 0 Å². The van der Waals surface area contributed by atoms with E-state index in [4.69, 9.17) is 0 Å². The molecule has 0 bridgehead atoms. The van der Waals surface area contributed by atoms with Gasteiger partial charge < -0.3 is 15.3 Å². The summed E-state index contributed by atoms with van der Waals surface area (Å²) in [5.74, 6) is 0. The molecule has 114 valence electrons. The number of nitrogens with zero attached hydrogens (tertiary/aromatic N) is 1. The monoisotopic (exact) mass is 270 g/mol. The van der Waals surface area contributed by atoms with Gasteiger partial charge in [-0.25, -0.2) is 0 Å². The molecule has 1 saturated heterocycles. The van der Waals surface area contributed by atoms with Crippen molar-refractivity contribution in [2.45, 2.75) is 71.9 Å². The van der Waals surface area contributed by atoms with Crippen LogP contribution < -0.4 is 5.32 Å². The van der Waals surface area contributed by atoms with Crippen molar-refractivity contribution in [1.82, 2.24) is 10.2 Å². The molecule has 19 heavy (non-hydrogen) atoms. The summed E-state index contributed by atoms with van der Waals surface area (Å²) in [6.07, 6.45) is 4.26. The van der Waals surface area contributed by atoms with Crippen molar-refractivity contribution in [2.24, 2.45) is 5.41 Å². The Kier molecular flexibility index (Phi) is 6.28. The third-order valence-corrected chi connectivity index (χ3v) is 4.88. The van der Waals surface area contributed by atoms with Crippen molar-refractivity contribution in [3.8, 4) is 0 Å². The first kappa shape index (κ1) is 16.9. The van der Waals surface area contributed by atoms with Gasteiger partial charge in [0, 0.05) is 32.2 Å². The lowest BCUT2D eigenvalue weighted by molar-refractivity contribution is -0.0170. The quantitative estimate of drug-likeness (QED) is 0.746. The summed E-state index contributed by atoms with van der Waals surface area (Å²) in [5.41, 5.74) is -0.0543. The first-order valence-corrected chi connectivity index (χ1v) is 8.00. The molecule has 0 amide bonds. The zero-order valence-corrected chi connectivity index (χ0v) is 13.6.